The van der Waals surface area contributed by atoms with Crippen molar-refractivity contribution in [3.8, 4) is 5.75 Å². The normalized spacial score (nSPS) is 18.0. The van der Waals surface area contributed by atoms with Gasteiger partial charge in [0, 0.05) is 11.0 Å². The second kappa shape index (κ2) is 8.75. The van der Waals surface area contributed by atoms with Crippen LogP contribution in [0, 0.1) is 5.41 Å². The molecular formula is C16H24BrClN2O2. The van der Waals surface area contributed by atoms with Gasteiger partial charge in [0.05, 0.1) is 0 Å². The van der Waals surface area contributed by atoms with Crippen molar-refractivity contribution in [2.24, 2.45) is 5.41 Å². The lowest BCUT2D eigenvalue weighted by Gasteiger charge is -2.34. The van der Waals surface area contributed by atoms with Crippen LogP contribution in [0.5, 0.6) is 5.75 Å². The summed E-state index contributed by atoms with van der Waals surface area (Å²) in [4.78, 5) is 12.2. The lowest BCUT2D eigenvalue weighted by molar-refractivity contribution is -0.127. The van der Waals surface area contributed by atoms with E-state index in [4.69, 9.17) is 4.74 Å². The fourth-order valence-electron chi connectivity index (χ4n) is 2.45. The summed E-state index contributed by atoms with van der Waals surface area (Å²) in [6.07, 6.45) is 1.69. The maximum absolute atomic E-state index is 12.2. The molecule has 0 spiro atoms. The largest absolute Gasteiger partial charge is 0.481 e. The van der Waals surface area contributed by atoms with Crippen LogP contribution in [-0.4, -0.2) is 31.6 Å². The number of rotatable bonds is 5. The van der Waals surface area contributed by atoms with Crippen molar-refractivity contribution in [3.63, 3.8) is 0 Å². The maximum atomic E-state index is 12.2. The van der Waals surface area contributed by atoms with Crippen LogP contribution >= 0.6 is 28.3 Å². The lowest BCUT2D eigenvalue weighted by atomic mass is 9.81. The van der Waals surface area contributed by atoms with Crippen molar-refractivity contribution in [1.29, 1.82) is 0 Å². The monoisotopic (exact) mass is 390 g/mol. The molecule has 0 radical (unpaired) electrons. The van der Waals surface area contributed by atoms with Gasteiger partial charge in [0.2, 0.25) is 0 Å². The average Bonchev–Trinajstić information content (AvgIpc) is 2.45. The Labute approximate surface area is 146 Å². The quantitative estimate of drug-likeness (QED) is 0.811. The molecule has 1 unspecified atom stereocenters. The van der Waals surface area contributed by atoms with Crippen molar-refractivity contribution < 1.29 is 9.53 Å². The zero-order chi connectivity index (χ0) is 15.3. The third kappa shape index (κ3) is 5.78. The van der Waals surface area contributed by atoms with Gasteiger partial charge in [-0.3, -0.25) is 4.79 Å². The number of hydrogen-bond donors (Lipinski definition) is 2. The molecule has 0 aromatic heterocycles. The van der Waals surface area contributed by atoms with Crippen molar-refractivity contribution in [3.05, 3.63) is 28.7 Å². The van der Waals surface area contributed by atoms with Crippen LogP contribution < -0.4 is 15.4 Å². The van der Waals surface area contributed by atoms with E-state index >= 15 is 0 Å². The van der Waals surface area contributed by atoms with Gasteiger partial charge < -0.3 is 15.4 Å². The summed E-state index contributed by atoms with van der Waals surface area (Å²) in [7, 11) is 0. The molecule has 1 aliphatic heterocycles. The van der Waals surface area contributed by atoms with Gasteiger partial charge >= 0.3 is 0 Å². The minimum atomic E-state index is -0.496. The first-order valence-electron chi connectivity index (χ1n) is 7.39. The molecule has 22 heavy (non-hydrogen) atoms. The third-order valence-electron chi connectivity index (χ3n) is 3.98. The first-order valence-corrected chi connectivity index (χ1v) is 8.18. The van der Waals surface area contributed by atoms with E-state index in [1.807, 2.05) is 24.3 Å². The van der Waals surface area contributed by atoms with E-state index in [2.05, 4.69) is 33.5 Å². The Kier molecular flexibility index (Phi) is 7.66. The summed E-state index contributed by atoms with van der Waals surface area (Å²) in [6, 6.07) is 7.52. The van der Waals surface area contributed by atoms with Crippen molar-refractivity contribution >= 4 is 34.2 Å². The number of nitrogens with one attached hydrogen (secondary N) is 2. The van der Waals surface area contributed by atoms with Crippen LogP contribution in [-0.2, 0) is 4.79 Å². The number of benzene rings is 1. The minimum Gasteiger partial charge on any atom is -0.481 e. The Bertz CT molecular complexity index is 493. The lowest BCUT2D eigenvalue weighted by Crippen LogP contribution is -2.45. The Balaban J connectivity index is 0.00000242. The maximum Gasteiger partial charge on any atom is 0.260 e. The van der Waals surface area contributed by atoms with Crippen LogP contribution in [0.2, 0.25) is 0 Å². The van der Waals surface area contributed by atoms with E-state index in [9.17, 15) is 4.79 Å². The molecule has 0 saturated carbocycles. The number of amides is 1. The van der Waals surface area contributed by atoms with Gasteiger partial charge in [-0.05, 0) is 56.5 Å². The number of carbonyl (C=O) groups is 1. The van der Waals surface area contributed by atoms with Gasteiger partial charge in [-0.1, -0.05) is 28.9 Å². The van der Waals surface area contributed by atoms with Crippen LogP contribution in [0.25, 0.3) is 0 Å². The molecule has 4 nitrogen and oxygen atoms in total. The second-order valence-electron chi connectivity index (χ2n) is 6.00. The number of piperidine rings is 1. The molecule has 0 bridgehead atoms. The van der Waals surface area contributed by atoms with Crippen molar-refractivity contribution in [2.75, 3.05) is 19.6 Å². The molecule has 1 aliphatic rings. The first-order chi connectivity index (χ1) is 9.98. The number of carbonyl (C=O) groups excluding carboxylic acids is 1. The van der Waals surface area contributed by atoms with Crippen LogP contribution in [0.15, 0.2) is 28.7 Å². The highest BCUT2D eigenvalue weighted by atomic mass is 79.9. The molecule has 1 fully saturated rings. The summed E-state index contributed by atoms with van der Waals surface area (Å²) < 4.78 is 6.62. The van der Waals surface area contributed by atoms with E-state index in [0.29, 0.717) is 12.3 Å². The molecule has 2 rings (SSSR count). The van der Waals surface area contributed by atoms with E-state index in [1.165, 1.54) is 0 Å². The number of hydrogen-bond acceptors (Lipinski definition) is 3. The zero-order valence-corrected chi connectivity index (χ0v) is 15.4. The topological polar surface area (TPSA) is 50.4 Å². The van der Waals surface area contributed by atoms with E-state index < -0.39 is 6.10 Å². The Hall–Kier alpha value is -0.780. The molecule has 1 amide bonds. The Morgan fingerprint density at radius 3 is 2.77 bits per heavy atom. The number of ether oxygens (including phenoxy) is 1. The van der Waals surface area contributed by atoms with Crippen molar-refractivity contribution in [1.82, 2.24) is 10.6 Å². The summed E-state index contributed by atoms with van der Waals surface area (Å²) in [5, 5.41) is 6.37. The standard InChI is InChI=1S/C16H23BrN2O2.ClH/c1-12(21-14-5-3-4-13(17)10-14)15(20)19-11-16(2)6-8-18-9-7-16;/h3-5,10,12,18H,6-9,11H2,1-2H3,(H,19,20);1H. The molecule has 1 aromatic rings. The smallest absolute Gasteiger partial charge is 0.260 e. The molecule has 1 aromatic carbocycles. The average molecular weight is 392 g/mol. The third-order valence-corrected chi connectivity index (χ3v) is 4.47. The number of halogens is 2. The molecule has 124 valence electrons. The molecule has 0 aliphatic carbocycles. The predicted molar refractivity (Wildman–Crippen MR) is 94.7 cm³/mol. The highest BCUT2D eigenvalue weighted by Gasteiger charge is 2.28. The minimum absolute atomic E-state index is 0. The van der Waals surface area contributed by atoms with Crippen LogP contribution in [0.3, 0.4) is 0 Å². The van der Waals surface area contributed by atoms with Gasteiger partial charge in [-0.25, -0.2) is 0 Å². The fraction of sp³-hybridized carbons (Fsp3) is 0.562. The van der Waals surface area contributed by atoms with E-state index in [0.717, 1.165) is 30.4 Å². The molecule has 1 saturated heterocycles. The Morgan fingerprint density at radius 1 is 1.45 bits per heavy atom. The molecule has 1 heterocycles. The predicted octanol–water partition coefficient (Wildman–Crippen LogP) is 3.14. The summed E-state index contributed by atoms with van der Waals surface area (Å²) >= 11 is 3.39. The summed E-state index contributed by atoms with van der Waals surface area (Å²) in [6.45, 7) is 6.77. The van der Waals surface area contributed by atoms with Gasteiger partial charge in [0.1, 0.15) is 5.75 Å². The summed E-state index contributed by atoms with van der Waals surface area (Å²) in [5.74, 6) is 0.634. The second-order valence-corrected chi connectivity index (χ2v) is 6.91. The van der Waals surface area contributed by atoms with Gasteiger partial charge in [-0.2, -0.15) is 0 Å². The summed E-state index contributed by atoms with van der Waals surface area (Å²) in [5.41, 5.74) is 0.191. The van der Waals surface area contributed by atoms with E-state index in [-0.39, 0.29) is 23.7 Å². The van der Waals surface area contributed by atoms with E-state index in [1.54, 1.807) is 6.92 Å². The molecule has 1 atom stereocenters. The fourth-order valence-corrected chi connectivity index (χ4v) is 2.83. The van der Waals surface area contributed by atoms with Gasteiger partial charge in [0.15, 0.2) is 6.10 Å². The first kappa shape index (κ1) is 19.3. The SMILES string of the molecule is CC(Oc1cccc(Br)c1)C(=O)NCC1(C)CCNCC1.Cl. The van der Waals surface area contributed by atoms with Crippen LogP contribution in [0.1, 0.15) is 26.7 Å². The molecular weight excluding hydrogens is 368 g/mol. The highest BCUT2D eigenvalue weighted by molar-refractivity contribution is 9.10. The van der Waals surface area contributed by atoms with Crippen molar-refractivity contribution in [2.45, 2.75) is 32.8 Å². The Morgan fingerprint density at radius 2 is 2.14 bits per heavy atom. The highest BCUT2D eigenvalue weighted by Crippen LogP contribution is 2.26. The van der Waals surface area contributed by atoms with Crippen LogP contribution in [0.4, 0.5) is 0 Å². The molecule has 2 N–H and O–H groups in total. The zero-order valence-electron chi connectivity index (χ0n) is 13.0. The van der Waals surface area contributed by atoms with Gasteiger partial charge in [0.25, 0.3) is 5.91 Å². The van der Waals surface area contributed by atoms with Gasteiger partial charge in [-0.15, -0.1) is 12.4 Å². The molecule has 6 heteroatoms.